The Morgan fingerprint density at radius 3 is 2.74 bits per heavy atom. The molecule has 1 aromatic carbocycles. The molecule has 0 aromatic heterocycles. The summed E-state index contributed by atoms with van der Waals surface area (Å²) in [7, 11) is 1.81. The van der Waals surface area contributed by atoms with Crippen molar-refractivity contribution in [3.05, 3.63) is 33.9 Å². The molecule has 0 spiro atoms. The zero-order chi connectivity index (χ0) is 13.8. The summed E-state index contributed by atoms with van der Waals surface area (Å²) in [5.41, 5.74) is 1.95. The molecule has 1 aromatic rings. The fourth-order valence-corrected chi connectivity index (χ4v) is 2.39. The minimum Gasteiger partial charge on any atom is -0.393 e. The standard InChI is InChI=1S/C13H19N3O3/c1-14-13-3-2-11(16(18)19)8-10(13)9-15-6-4-12(17)5-7-15/h2-3,8,12,14,17H,4-7,9H2,1H3. The fourth-order valence-electron chi connectivity index (χ4n) is 2.39. The Balaban J connectivity index is 2.13. The van der Waals surface area contributed by atoms with Crippen LogP contribution in [0.2, 0.25) is 0 Å². The van der Waals surface area contributed by atoms with Crippen LogP contribution < -0.4 is 5.32 Å². The van der Waals surface area contributed by atoms with Crippen LogP contribution in [0.1, 0.15) is 18.4 Å². The van der Waals surface area contributed by atoms with Crippen LogP contribution in [0.4, 0.5) is 11.4 Å². The molecule has 1 heterocycles. The van der Waals surface area contributed by atoms with E-state index in [0.29, 0.717) is 6.54 Å². The van der Waals surface area contributed by atoms with Crippen molar-refractivity contribution in [2.75, 3.05) is 25.5 Å². The average molecular weight is 265 g/mol. The molecule has 6 nitrogen and oxygen atoms in total. The van der Waals surface area contributed by atoms with E-state index in [1.54, 1.807) is 12.1 Å². The molecule has 0 atom stereocenters. The average Bonchev–Trinajstić information content (AvgIpc) is 2.41. The van der Waals surface area contributed by atoms with Gasteiger partial charge in [0.05, 0.1) is 11.0 Å². The zero-order valence-electron chi connectivity index (χ0n) is 11.0. The lowest BCUT2D eigenvalue weighted by Gasteiger charge is -2.29. The van der Waals surface area contributed by atoms with E-state index >= 15 is 0 Å². The summed E-state index contributed by atoms with van der Waals surface area (Å²) in [6, 6.07) is 4.87. The van der Waals surface area contributed by atoms with Crippen LogP contribution in [0.3, 0.4) is 0 Å². The number of nitro benzene ring substituents is 1. The highest BCUT2D eigenvalue weighted by Gasteiger charge is 2.19. The Hall–Kier alpha value is -1.66. The molecule has 6 heteroatoms. The molecule has 0 radical (unpaired) electrons. The Morgan fingerprint density at radius 1 is 1.47 bits per heavy atom. The largest absolute Gasteiger partial charge is 0.393 e. The number of nitrogens with one attached hydrogen (secondary N) is 1. The Kier molecular flexibility index (Phi) is 4.34. The molecule has 0 bridgehead atoms. The van der Waals surface area contributed by atoms with Crippen LogP contribution in [0.15, 0.2) is 18.2 Å². The molecule has 1 aliphatic heterocycles. The third-order valence-electron chi connectivity index (χ3n) is 3.52. The minimum absolute atomic E-state index is 0.117. The van der Waals surface area contributed by atoms with Crippen molar-refractivity contribution >= 4 is 11.4 Å². The van der Waals surface area contributed by atoms with E-state index < -0.39 is 0 Å². The number of piperidine rings is 1. The van der Waals surface area contributed by atoms with Crippen LogP contribution in [0.5, 0.6) is 0 Å². The van der Waals surface area contributed by atoms with E-state index in [9.17, 15) is 15.2 Å². The molecule has 104 valence electrons. The number of benzene rings is 1. The van der Waals surface area contributed by atoms with Gasteiger partial charge in [-0.15, -0.1) is 0 Å². The van der Waals surface area contributed by atoms with Gasteiger partial charge in [0.1, 0.15) is 0 Å². The quantitative estimate of drug-likeness (QED) is 0.638. The second-order valence-corrected chi connectivity index (χ2v) is 4.86. The second kappa shape index (κ2) is 5.99. The lowest BCUT2D eigenvalue weighted by atomic mass is 10.1. The fraction of sp³-hybridized carbons (Fsp3) is 0.538. The summed E-state index contributed by atoms with van der Waals surface area (Å²) in [5.74, 6) is 0. The first-order valence-corrected chi connectivity index (χ1v) is 6.45. The first-order valence-electron chi connectivity index (χ1n) is 6.45. The van der Waals surface area contributed by atoms with Gasteiger partial charge >= 0.3 is 0 Å². The third-order valence-corrected chi connectivity index (χ3v) is 3.52. The lowest BCUT2D eigenvalue weighted by Crippen LogP contribution is -2.35. The Bertz CT molecular complexity index is 456. The number of nitro groups is 1. The third kappa shape index (κ3) is 3.42. The highest BCUT2D eigenvalue weighted by Crippen LogP contribution is 2.24. The number of likely N-dealkylation sites (tertiary alicyclic amines) is 1. The molecule has 0 unspecified atom stereocenters. The van der Waals surface area contributed by atoms with Crippen molar-refractivity contribution in [2.45, 2.75) is 25.5 Å². The first kappa shape index (κ1) is 13.8. The van der Waals surface area contributed by atoms with Gasteiger partial charge < -0.3 is 10.4 Å². The van der Waals surface area contributed by atoms with Crippen LogP contribution in [-0.4, -0.2) is 41.2 Å². The summed E-state index contributed by atoms with van der Waals surface area (Å²) >= 11 is 0. The van der Waals surface area contributed by atoms with E-state index in [0.717, 1.165) is 37.2 Å². The predicted octanol–water partition coefficient (Wildman–Crippen LogP) is 1.59. The number of aliphatic hydroxyl groups is 1. The topological polar surface area (TPSA) is 78.6 Å². The van der Waals surface area contributed by atoms with Crippen molar-refractivity contribution in [2.24, 2.45) is 0 Å². The number of aliphatic hydroxyl groups excluding tert-OH is 1. The van der Waals surface area contributed by atoms with E-state index in [-0.39, 0.29) is 16.7 Å². The first-order chi connectivity index (χ1) is 9.10. The van der Waals surface area contributed by atoms with Gasteiger partial charge in [-0.3, -0.25) is 15.0 Å². The van der Waals surface area contributed by atoms with Gasteiger partial charge in [0.2, 0.25) is 0 Å². The smallest absolute Gasteiger partial charge is 0.269 e. The summed E-state index contributed by atoms with van der Waals surface area (Å²) in [5, 5.41) is 23.4. The maximum absolute atomic E-state index is 10.8. The summed E-state index contributed by atoms with van der Waals surface area (Å²) < 4.78 is 0. The number of hydrogen-bond donors (Lipinski definition) is 2. The minimum atomic E-state index is -0.372. The van der Waals surface area contributed by atoms with Crippen LogP contribution >= 0.6 is 0 Å². The summed E-state index contributed by atoms with van der Waals surface area (Å²) in [6.07, 6.45) is 1.33. The van der Waals surface area contributed by atoms with E-state index in [2.05, 4.69) is 10.2 Å². The molecular weight excluding hydrogens is 246 g/mol. The monoisotopic (exact) mass is 265 g/mol. The molecule has 0 aliphatic carbocycles. The number of rotatable bonds is 4. The summed E-state index contributed by atoms with van der Waals surface area (Å²) in [4.78, 5) is 12.7. The number of hydrogen-bond acceptors (Lipinski definition) is 5. The van der Waals surface area contributed by atoms with Crippen molar-refractivity contribution in [3.8, 4) is 0 Å². The van der Waals surface area contributed by atoms with Gasteiger partial charge in [0.15, 0.2) is 0 Å². The van der Waals surface area contributed by atoms with E-state index in [1.165, 1.54) is 6.07 Å². The summed E-state index contributed by atoms with van der Waals surface area (Å²) in [6.45, 7) is 2.32. The number of anilines is 1. The normalized spacial score (nSPS) is 17.4. The highest BCUT2D eigenvalue weighted by atomic mass is 16.6. The van der Waals surface area contributed by atoms with Gasteiger partial charge in [0.25, 0.3) is 5.69 Å². The molecule has 0 saturated carbocycles. The van der Waals surface area contributed by atoms with Gasteiger partial charge in [-0.1, -0.05) is 0 Å². The number of nitrogens with zero attached hydrogens (tertiary/aromatic N) is 2. The molecule has 1 aliphatic rings. The molecule has 1 saturated heterocycles. The van der Waals surface area contributed by atoms with Gasteiger partial charge in [-0.25, -0.2) is 0 Å². The maximum atomic E-state index is 10.8. The second-order valence-electron chi connectivity index (χ2n) is 4.86. The van der Waals surface area contributed by atoms with Crippen molar-refractivity contribution in [3.63, 3.8) is 0 Å². The Morgan fingerprint density at radius 2 is 2.16 bits per heavy atom. The molecule has 1 fully saturated rings. The Labute approximate surface area is 112 Å². The molecule has 2 rings (SSSR count). The van der Waals surface area contributed by atoms with E-state index in [4.69, 9.17) is 0 Å². The van der Waals surface area contributed by atoms with Crippen molar-refractivity contribution in [1.29, 1.82) is 0 Å². The van der Waals surface area contributed by atoms with Crippen molar-refractivity contribution < 1.29 is 10.0 Å². The van der Waals surface area contributed by atoms with Crippen LogP contribution in [0.25, 0.3) is 0 Å². The van der Waals surface area contributed by atoms with Crippen LogP contribution in [0, 0.1) is 10.1 Å². The van der Waals surface area contributed by atoms with Gasteiger partial charge in [-0.05, 0) is 24.5 Å². The lowest BCUT2D eigenvalue weighted by molar-refractivity contribution is -0.384. The number of non-ortho nitro benzene ring substituents is 1. The maximum Gasteiger partial charge on any atom is 0.269 e. The van der Waals surface area contributed by atoms with E-state index in [1.807, 2.05) is 7.05 Å². The molecule has 19 heavy (non-hydrogen) atoms. The molecule has 2 N–H and O–H groups in total. The predicted molar refractivity (Wildman–Crippen MR) is 73.2 cm³/mol. The van der Waals surface area contributed by atoms with Gasteiger partial charge in [-0.2, -0.15) is 0 Å². The highest BCUT2D eigenvalue weighted by molar-refractivity contribution is 5.55. The van der Waals surface area contributed by atoms with Crippen LogP contribution in [-0.2, 0) is 6.54 Å². The van der Waals surface area contributed by atoms with Crippen molar-refractivity contribution in [1.82, 2.24) is 4.90 Å². The zero-order valence-corrected chi connectivity index (χ0v) is 11.0. The molecule has 0 amide bonds. The SMILES string of the molecule is CNc1ccc([N+](=O)[O-])cc1CN1CCC(O)CC1. The van der Waals surface area contributed by atoms with Gasteiger partial charge in [0, 0.05) is 44.5 Å². The molecular formula is C13H19N3O3.